The first kappa shape index (κ1) is 20.3. The Morgan fingerprint density at radius 3 is 2.90 bits per heavy atom. The molecule has 0 radical (unpaired) electrons. The average molecular weight is 430 g/mol. The Morgan fingerprint density at radius 1 is 1.31 bits per heavy atom. The number of fused-ring (bicyclic) bond motifs is 1. The van der Waals surface area contributed by atoms with Crippen LogP contribution >= 0.6 is 23.4 Å². The smallest absolute Gasteiger partial charge is 0.235 e. The summed E-state index contributed by atoms with van der Waals surface area (Å²) in [6, 6.07) is 9.84. The molecule has 152 valence electrons. The van der Waals surface area contributed by atoms with Crippen LogP contribution in [0.15, 0.2) is 29.2 Å². The maximum absolute atomic E-state index is 12.7. The van der Waals surface area contributed by atoms with Crippen LogP contribution in [0.5, 0.6) is 0 Å². The second-order valence-electron chi connectivity index (χ2n) is 7.48. The van der Waals surface area contributed by atoms with Gasteiger partial charge in [0.25, 0.3) is 0 Å². The van der Waals surface area contributed by atoms with Crippen LogP contribution in [0, 0.1) is 11.3 Å². The van der Waals surface area contributed by atoms with Gasteiger partial charge in [-0.05, 0) is 56.2 Å². The van der Waals surface area contributed by atoms with Gasteiger partial charge in [-0.3, -0.25) is 4.79 Å². The number of aromatic nitrogens is 1. The van der Waals surface area contributed by atoms with E-state index in [1.54, 1.807) is 0 Å². The number of ether oxygens (including phenoxy) is 1. The van der Waals surface area contributed by atoms with E-state index in [9.17, 15) is 10.1 Å². The third kappa shape index (κ3) is 4.48. The molecule has 1 fully saturated rings. The standard InChI is InChI=1S/C22H24ClN3O2S/c23-18-8-2-4-10-20(18)29-14-21(27)25-22-17(12-24)16-7-1-3-9-19(16)26(22)13-15-6-5-11-28-15/h2,4,8,10,15H,1,3,5-7,9,11,13-14H2,(H,25,27). The Labute approximate surface area is 180 Å². The maximum atomic E-state index is 12.7. The fourth-order valence-corrected chi connectivity index (χ4v) is 5.23. The highest BCUT2D eigenvalue weighted by molar-refractivity contribution is 8.00. The van der Waals surface area contributed by atoms with Crippen molar-refractivity contribution in [3.05, 3.63) is 46.1 Å². The topological polar surface area (TPSA) is 67.1 Å². The number of nitrogens with one attached hydrogen (secondary N) is 1. The first-order chi connectivity index (χ1) is 14.2. The molecule has 0 saturated carbocycles. The number of benzene rings is 1. The van der Waals surface area contributed by atoms with Gasteiger partial charge in [0.1, 0.15) is 11.9 Å². The Kier molecular flexibility index (Phi) is 6.49. The van der Waals surface area contributed by atoms with Crippen molar-refractivity contribution < 1.29 is 9.53 Å². The van der Waals surface area contributed by atoms with E-state index < -0.39 is 0 Å². The number of carbonyl (C=O) groups excluding carboxylic acids is 1. The summed E-state index contributed by atoms with van der Waals surface area (Å²) >= 11 is 7.59. The molecule has 1 atom stereocenters. The summed E-state index contributed by atoms with van der Waals surface area (Å²) in [7, 11) is 0. The average Bonchev–Trinajstić information content (AvgIpc) is 3.34. The first-order valence-electron chi connectivity index (χ1n) is 10.1. The zero-order valence-electron chi connectivity index (χ0n) is 16.2. The zero-order chi connectivity index (χ0) is 20.2. The van der Waals surface area contributed by atoms with Crippen LogP contribution in [0.1, 0.15) is 42.5 Å². The molecule has 1 aromatic heterocycles. The summed E-state index contributed by atoms with van der Waals surface area (Å²) < 4.78 is 7.97. The molecule has 1 aliphatic carbocycles. The van der Waals surface area contributed by atoms with E-state index in [1.807, 2.05) is 24.3 Å². The Morgan fingerprint density at radius 2 is 2.14 bits per heavy atom. The highest BCUT2D eigenvalue weighted by Crippen LogP contribution is 2.34. The van der Waals surface area contributed by atoms with Crippen LogP contribution in [0.25, 0.3) is 0 Å². The molecule has 5 nitrogen and oxygen atoms in total. The number of hydrogen-bond acceptors (Lipinski definition) is 4. The summed E-state index contributed by atoms with van der Waals surface area (Å²) in [5, 5.41) is 13.5. The molecule has 2 heterocycles. The molecule has 2 aromatic rings. The minimum absolute atomic E-state index is 0.130. The van der Waals surface area contributed by atoms with Crippen LogP contribution in [0.2, 0.25) is 5.02 Å². The summed E-state index contributed by atoms with van der Waals surface area (Å²) in [6.45, 7) is 1.48. The fraction of sp³-hybridized carbons (Fsp3) is 0.455. The molecular formula is C22H24ClN3O2S. The minimum Gasteiger partial charge on any atom is -0.376 e. The van der Waals surface area contributed by atoms with Gasteiger partial charge in [-0.1, -0.05) is 23.7 Å². The van der Waals surface area contributed by atoms with Gasteiger partial charge in [-0.2, -0.15) is 5.26 Å². The van der Waals surface area contributed by atoms with Gasteiger partial charge in [-0.15, -0.1) is 11.8 Å². The lowest BCUT2D eigenvalue weighted by Crippen LogP contribution is -2.23. The van der Waals surface area contributed by atoms with E-state index in [2.05, 4.69) is 16.0 Å². The van der Waals surface area contributed by atoms with Crippen molar-refractivity contribution in [1.29, 1.82) is 5.26 Å². The molecule has 1 aromatic carbocycles. The van der Waals surface area contributed by atoms with Gasteiger partial charge in [0.05, 0.1) is 29.0 Å². The molecule has 4 rings (SSSR count). The van der Waals surface area contributed by atoms with Gasteiger partial charge in [0, 0.05) is 17.2 Å². The zero-order valence-corrected chi connectivity index (χ0v) is 17.8. The number of rotatable bonds is 6. The summed E-state index contributed by atoms with van der Waals surface area (Å²) in [4.78, 5) is 13.6. The van der Waals surface area contributed by atoms with Crippen LogP contribution < -0.4 is 5.32 Å². The quantitative estimate of drug-likeness (QED) is 0.669. The number of halogens is 1. The van der Waals surface area contributed by atoms with E-state index in [0.29, 0.717) is 22.9 Å². The Bertz CT molecular complexity index is 944. The van der Waals surface area contributed by atoms with Gasteiger partial charge >= 0.3 is 0 Å². The van der Waals surface area contributed by atoms with Gasteiger partial charge < -0.3 is 14.6 Å². The van der Waals surface area contributed by atoms with E-state index in [-0.39, 0.29) is 17.8 Å². The molecule has 1 N–H and O–H groups in total. The van der Waals surface area contributed by atoms with Crippen LogP contribution in [-0.4, -0.2) is 28.9 Å². The van der Waals surface area contributed by atoms with Crippen molar-refractivity contribution in [3.63, 3.8) is 0 Å². The Balaban J connectivity index is 1.56. The third-order valence-electron chi connectivity index (χ3n) is 5.55. The number of amides is 1. The SMILES string of the molecule is N#Cc1c2c(n(CC3CCCO3)c1NC(=O)CSc1ccccc1Cl)CCCC2. The van der Waals surface area contributed by atoms with Crippen molar-refractivity contribution in [2.24, 2.45) is 0 Å². The van der Waals surface area contributed by atoms with Crippen LogP contribution in [0.3, 0.4) is 0 Å². The number of nitrogens with zero attached hydrogens (tertiary/aromatic N) is 2. The van der Waals surface area contributed by atoms with E-state index in [4.69, 9.17) is 16.3 Å². The van der Waals surface area contributed by atoms with Crippen LogP contribution in [0.4, 0.5) is 5.82 Å². The number of hydrogen-bond donors (Lipinski definition) is 1. The van der Waals surface area contributed by atoms with Gasteiger partial charge in [0.15, 0.2) is 0 Å². The normalized spacial score (nSPS) is 18.3. The first-order valence-corrected chi connectivity index (χ1v) is 11.5. The van der Waals surface area contributed by atoms with Crippen LogP contribution in [-0.2, 0) is 28.9 Å². The number of carbonyl (C=O) groups is 1. The number of anilines is 1. The molecular weight excluding hydrogens is 406 g/mol. The molecule has 29 heavy (non-hydrogen) atoms. The summed E-state index contributed by atoms with van der Waals surface area (Å²) in [5.41, 5.74) is 2.91. The molecule has 1 unspecified atom stereocenters. The minimum atomic E-state index is -0.130. The summed E-state index contributed by atoms with van der Waals surface area (Å²) in [6.07, 6.45) is 6.27. The second kappa shape index (κ2) is 9.25. The largest absolute Gasteiger partial charge is 0.376 e. The molecule has 1 amide bonds. The van der Waals surface area contributed by atoms with Gasteiger partial charge in [-0.25, -0.2) is 0 Å². The number of nitriles is 1. The van der Waals surface area contributed by atoms with Crippen molar-refractivity contribution in [2.75, 3.05) is 17.7 Å². The molecule has 1 saturated heterocycles. The molecule has 0 spiro atoms. The third-order valence-corrected chi connectivity index (χ3v) is 7.06. The molecule has 7 heteroatoms. The van der Waals surface area contributed by atoms with E-state index in [1.165, 1.54) is 17.5 Å². The maximum Gasteiger partial charge on any atom is 0.235 e. The molecule has 1 aliphatic heterocycles. The van der Waals surface area contributed by atoms with Gasteiger partial charge in [0.2, 0.25) is 5.91 Å². The fourth-order valence-electron chi connectivity index (χ4n) is 4.19. The van der Waals surface area contributed by atoms with E-state index in [0.717, 1.165) is 55.6 Å². The predicted molar refractivity (Wildman–Crippen MR) is 116 cm³/mol. The highest BCUT2D eigenvalue weighted by atomic mass is 35.5. The lowest BCUT2D eigenvalue weighted by Gasteiger charge is -2.19. The van der Waals surface area contributed by atoms with Crippen molar-refractivity contribution in [2.45, 2.75) is 56.1 Å². The number of thioether (sulfide) groups is 1. The Hall–Kier alpha value is -1.94. The second-order valence-corrected chi connectivity index (χ2v) is 8.91. The molecule has 0 bridgehead atoms. The lowest BCUT2D eigenvalue weighted by molar-refractivity contribution is -0.113. The van der Waals surface area contributed by atoms with Crippen molar-refractivity contribution in [1.82, 2.24) is 4.57 Å². The lowest BCUT2D eigenvalue weighted by atomic mass is 9.95. The van der Waals surface area contributed by atoms with Crippen molar-refractivity contribution in [3.8, 4) is 6.07 Å². The monoisotopic (exact) mass is 429 g/mol. The summed E-state index contributed by atoms with van der Waals surface area (Å²) in [5.74, 6) is 0.749. The predicted octanol–water partition coefficient (Wildman–Crippen LogP) is 4.80. The highest BCUT2D eigenvalue weighted by Gasteiger charge is 2.28. The molecule has 2 aliphatic rings. The van der Waals surface area contributed by atoms with Crippen molar-refractivity contribution >= 4 is 35.1 Å². The van der Waals surface area contributed by atoms with E-state index >= 15 is 0 Å².